The van der Waals surface area contributed by atoms with E-state index in [0.717, 1.165) is 18.4 Å². The maximum atomic E-state index is 12.5. The van der Waals surface area contributed by atoms with Gasteiger partial charge in [-0.1, -0.05) is 26.0 Å². The molecule has 0 aromatic heterocycles. The number of esters is 1. The topological polar surface area (TPSA) is 92.8 Å². The molecule has 1 atom stereocenters. The first-order chi connectivity index (χ1) is 12.8. The molecule has 0 heterocycles. The number of carbonyl (C=O) groups is 2. The number of ether oxygens (including phenoxy) is 1. The Morgan fingerprint density at radius 2 is 1.78 bits per heavy atom. The maximum Gasteiger partial charge on any atom is 0.306 e. The molecule has 0 spiro atoms. The van der Waals surface area contributed by atoms with Crippen LogP contribution in [0.4, 0.5) is 0 Å². The van der Waals surface area contributed by atoms with Crippen LogP contribution in [0, 0.1) is 0 Å². The van der Waals surface area contributed by atoms with Gasteiger partial charge in [-0.05, 0) is 43.9 Å². The van der Waals surface area contributed by atoms with Gasteiger partial charge >= 0.3 is 5.97 Å². The minimum Gasteiger partial charge on any atom is -0.453 e. The number of rotatable bonds is 10. The van der Waals surface area contributed by atoms with E-state index < -0.39 is 22.1 Å². The Labute approximate surface area is 161 Å². The molecule has 1 aromatic rings. The molecule has 1 unspecified atom stereocenters. The van der Waals surface area contributed by atoms with Gasteiger partial charge < -0.3 is 10.1 Å². The second-order valence-corrected chi connectivity index (χ2v) is 8.59. The van der Waals surface area contributed by atoms with E-state index in [1.807, 2.05) is 0 Å². The van der Waals surface area contributed by atoms with Crippen LogP contribution in [0.1, 0.15) is 45.6 Å². The van der Waals surface area contributed by atoms with Crippen molar-refractivity contribution >= 4 is 21.9 Å². The SMILES string of the molecule is CCN(CC)S(=O)(=O)c1ccc(CCC(=O)OC(C)C(=O)NC2CC2)cc1. The lowest BCUT2D eigenvalue weighted by atomic mass is 10.1. The zero-order valence-corrected chi connectivity index (χ0v) is 16.9. The first-order valence-electron chi connectivity index (χ1n) is 9.36. The molecule has 1 amide bonds. The Balaban J connectivity index is 1.85. The second-order valence-electron chi connectivity index (χ2n) is 6.65. The zero-order chi connectivity index (χ0) is 20.0. The summed E-state index contributed by atoms with van der Waals surface area (Å²) in [5, 5.41) is 2.79. The minimum absolute atomic E-state index is 0.128. The van der Waals surface area contributed by atoms with Gasteiger partial charge in [-0.15, -0.1) is 0 Å². The van der Waals surface area contributed by atoms with Gasteiger partial charge in [-0.25, -0.2) is 8.42 Å². The lowest BCUT2D eigenvalue weighted by Gasteiger charge is -2.18. The van der Waals surface area contributed by atoms with Crippen LogP contribution in [-0.2, 0) is 30.8 Å². The van der Waals surface area contributed by atoms with Crippen LogP contribution in [0.3, 0.4) is 0 Å². The molecule has 1 saturated carbocycles. The number of sulfonamides is 1. The summed E-state index contributed by atoms with van der Waals surface area (Å²) in [7, 11) is -3.48. The first kappa shape index (κ1) is 21.4. The van der Waals surface area contributed by atoms with Crippen molar-refractivity contribution in [1.29, 1.82) is 0 Å². The van der Waals surface area contributed by atoms with Gasteiger partial charge in [0.2, 0.25) is 10.0 Å². The maximum absolute atomic E-state index is 12.5. The van der Waals surface area contributed by atoms with E-state index in [4.69, 9.17) is 4.74 Å². The molecule has 8 heteroatoms. The van der Waals surface area contributed by atoms with Crippen molar-refractivity contribution in [2.24, 2.45) is 0 Å². The molecule has 1 N–H and O–H groups in total. The third-order valence-electron chi connectivity index (χ3n) is 4.49. The van der Waals surface area contributed by atoms with Crippen LogP contribution in [0.5, 0.6) is 0 Å². The number of benzene rings is 1. The van der Waals surface area contributed by atoms with Gasteiger partial charge in [-0.2, -0.15) is 4.31 Å². The van der Waals surface area contributed by atoms with Crippen molar-refractivity contribution in [3.8, 4) is 0 Å². The van der Waals surface area contributed by atoms with Gasteiger partial charge in [0.1, 0.15) is 0 Å². The summed E-state index contributed by atoms with van der Waals surface area (Å²) in [4.78, 5) is 23.9. The van der Waals surface area contributed by atoms with Crippen molar-refractivity contribution in [2.75, 3.05) is 13.1 Å². The monoisotopic (exact) mass is 396 g/mol. The number of carbonyl (C=O) groups excluding carboxylic acids is 2. The second kappa shape index (κ2) is 9.32. The van der Waals surface area contributed by atoms with E-state index in [2.05, 4.69) is 5.32 Å². The average Bonchev–Trinajstić information content (AvgIpc) is 3.45. The van der Waals surface area contributed by atoms with E-state index in [-0.39, 0.29) is 23.3 Å². The van der Waals surface area contributed by atoms with Gasteiger partial charge in [-0.3, -0.25) is 9.59 Å². The fraction of sp³-hybridized carbons (Fsp3) is 0.579. The van der Waals surface area contributed by atoms with Crippen LogP contribution in [0.25, 0.3) is 0 Å². The van der Waals surface area contributed by atoms with Crippen LogP contribution >= 0.6 is 0 Å². The van der Waals surface area contributed by atoms with E-state index in [0.29, 0.717) is 19.5 Å². The molecule has 0 aliphatic heterocycles. The summed E-state index contributed by atoms with van der Waals surface area (Å²) >= 11 is 0. The first-order valence-corrected chi connectivity index (χ1v) is 10.8. The molecule has 27 heavy (non-hydrogen) atoms. The van der Waals surface area contributed by atoms with Crippen LogP contribution < -0.4 is 5.32 Å². The molecule has 1 fully saturated rings. The van der Waals surface area contributed by atoms with E-state index in [1.165, 1.54) is 4.31 Å². The molecule has 0 saturated heterocycles. The van der Waals surface area contributed by atoms with Crippen molar-refractivity contribution < 1.29 is 22.7 Å². The Hall–Kier alpha value is -1.93. The standard InChI is InChI=1S/C19H28N2O5S/c1-4-21(5-2)27(24,25)17-11-6-15(7-12-17)8-13-18(22)26-14(3)19(23)20-16-9-10-16/h6-7,11-12,14,16H,4-5,8-10,13H2,1-3H3,(H,20,23). The molecular formula is C19H28N2O5S. The van der Waals surface area contributed by atoms with Crippen LogP contribution in [0.15, 0.2) is 29.2 Å². The normalized spacial score (nSPS) is 15.4. The van der Waals surface area contributed by atoms with Gasteiger partial charge in [0.25, 0.3) is 5.91 Å². The largest absolute Gasteiger partial charge is 0.453 e. The lowest BCUT2D eigenvalue weighted by molar-refractivity contribution is -0.154. The van der Waals surface area contributed by atoms with Gasteiger partial charge in [0.15, 0.2) is 6.10 Å². The van der Waals surface area contributed by atoms with Crippen molar-refractivity contribution in [1.82, 2.24) is 9.62 Å². The third kappa shape index (κ3) is 6.04. The summed E-state index contributed by atoms with van der Waals surface area (Å²) in [5.74, 6) is -0.718. The molecule has 1 aromatic carbocycles. The van der Waals surface area contributed by atoms with E-state index in [1.54, 1.807) is 45.0 Å². The fourth-order valence-corrected chi connectivity index (χ4v) is 4.10. The smallest absolute Gasteiger partial charge is 0.306 e. The lowest BCUT2D eigenvalue weighted by Crippen LogP contribution is -2.37. The van der Waals surface area contributed by atoms with Crippen LogP contribution in [0.2, 0.25) is 0 Å². The fourth-order valence-electron chi connectivity index (χ4n) is 2.64. The quantitative estimate of drug-likeness (QED) is 0.610. The number of amides is 1. The predicted octanol–water partition coefficient (Wildman–Crippen LogP) is 1.86. The summed E-state index contributed by atoms with van der Waals surface area (Å²) in [5.41, 5.74) is 0.834. The number of hydrogen-bond donors (Lipinski definition) is 1. The molecule has 1 aliphatic rings. The number of aryl methyl sites for hydroxylation is 1. The van der Waals surface area contributed by atoms with Gasteiger partial charge in [0.05, 0.1) is 4.90 Å². The highest BCUT2D eigenvalue weighted by Crippen LogP contribution is 2.19. The molecule has 7 nitrogen and oxygen atoms in total. The van der Waals surface area contributed by atoms with Crippen molar-refractivity contribution in [2.45, 2.75) is 63.5 Å². The van der Waals surface area contributed by atoms with Crippen LogP contribution in [-0.4, -0.2) is 49.8 Å². The highest BCUT2D eigenvalue weighted by Gasteiger charge is 2.27. The number of nitrogens with one attached hydrogen (secondary N) is 1. The Morgan fingerprint density at radius 3 is 2.30 bits per heavy atom. The van der Waals surface area contributed by atoms with E-state index >= 15 is 0 Å². The molecule has 2 rings (SSSR count). The highest BCUT2D eigenvalue weighted by molar-refractivity contribution is 7.89. The molecular weight excluding hydrogens is 368 g/mol. The Bertz CT molecular complexity index is 753. The molecule has 1 aliphatic carbocycles. The third-order valence-corrected chi connectivity index (χ3v) is 6.55. The van der Waals surface area contributed by atoms with Crippen molar-refractivity contribution in [3.05, 3.63) is 29.8 Å². The molecule has 0 radical (unpaired) electrons. The zero-order valence-electron chi connectivity index (χ0n) is 16.1. The number of nitrogens with zero attached hydrogens (tertiary/aromatic N) is 1. The predicted molar refractivity (Wildman–Crippen MR) is 102 cm³/mol. The van der Waals surface area contributed by atoms with E-state index in [9.17, 15) is 18.0 Å². The van der Waals surface area contributed by atoms with Gasteiger partial charge in [0, 0.05) is 25.6 Å². The summed E-state index contributed by atoms with van der Waals surface area (Å²) < 4.78 is 31.4. The molecule has 150 valence electrons. The Morgan fingerprint density at radius 1 is 1.19 bits per heavy atom. The highest BCUT2D eigenvalue weighted by atomic mass is 32.2. The summed E-state index contributed by atoms with van der Waals surface area (Å²) in [6, 6.07) is 6.74. The summed E-state index contributed by atoms with van der Waals surface area (Å²) in [6.45, 7) is 5.99. The average molecular weight is 397 g/mol. The van der Waals surface area contributed by atoms with Crippen molar-refractivity contribution in [3.63, 3.8) is 0 Å². The summed E-state index contributed by atoms with van der Waals surface area (Å²) in [6.07, 6.45) is 1.70. The number of hydrogen-bond acceptors (Lipinski definition) is 5. The molecule has 0 bridgehead atoms. The minimum atomic E-state index is -3.48. The Kier molecular flexibility index (Phi) is 7.38.